The second kappa shape index (κ2) is 10.3. The fourth-order valence-corrected chi connectivity index (χ4v) is 4.42. The number of nitrogens with zero attached hydrogens (tertiary/aromatic N) is 3. The summed E-state index contributed by atoms with van der Waals surface area (Å²) in [5, 5.41) is 3.30. The number of aromatic nitrogens is 2. The zero-order valence-electron chi connectivity index (χ0n) is 18.1. The van der Waals surface area contributed by atoms with Crippen molar-refractivity contribution in [3.8, 4) is 0 Å². The summed E-state index contributed by atoms with van der Waals surface area (Å²) in [5.74, 6) is 0.354. The molecule has 0 saturated carbocycles. The zero-order chi connectivity index (χ0) is 21.5. The molecule has 2 aromatic heterocycles. The fourth-order valence-electron chi connectivity index (χ4n) is 4.42. The Labute approximate surface area is 184 Å². The Morgan fingerprint density at radius 1 is 1.10 bits per heavy atom. The van der Waals surface area contributed by atoms with Crippen LogP contribution in [0.1, 0.15) is 41.5 Å². The highest BCUT2D eigenvalue weighted by molar-refractivity contribution is 5.79. The minimum absolute atomic E-state index is 0.0410. The summed E-state index contributed by atoms with van der Waals surface area (Å²) in [6.45, 7) is 4.84. The van der Waals surface area contributed by atoms with Crippen LogP contribution in [0.5, 0.6) is 0 Å². The first-order chi connectivity index (χ1) is 15.2. The number of amides is 1. The first-order valence-electron chi connectivity index (χ1n) is 11.1. The van der Waals surface area contributed by atoms with Gasteiger partial charge in [0, 0.05) is 25.0 Å². The maximum absolute atomic E-state index is 12.9. The van der Waals surface area contributed by atoms with Crippen LogP contribution >= 0.6 is 0 Å². The zero-order valence-corrected chi connectivity index (χ0v) is 18.1. The van der Waals surface area contributed by atoms with Crippen LogP contribution in [-0.4, -0.2) is 33.9 Å². The van der Waals surface area contributed by atoms with Crippen molar-refractivity contribution < 1.29 is 4.79 Å². The summed E-state index contributed by atoms with van der Waals surface area (Å²) in [5.41, 5.74) is 4.11. The molecular formula is C26H30N4O. The lowest BCUT2D eigenvalue weighted by Crippen LogP contribution is -2.43. The summed E-state index contributed by atoms with van der Waals surface area (Å²) in [7, 11) is 0. The van der Waals surface area contributed by atoms with E-state index in [1.807, 2.05) is 67.7 Å². The van der Waals surface area contributed by atoms with Crippen LogP contribution in [0.4, 0.5) is 0 Å². The van der Waals surface area contributed by atoms with E-state index in [1.54, 1.807) is 0 Å². The molecular weight excluding hydrogens is 384 g/mol. The van der Waals surface area contributed by atoms with Gasteiger partial charge in [0.05, 0.1) is 23.9 Å². The Bertz CT molecular complexity index is 977. The smallest absolute Gasteiger partial charge is 0.224 e. The van der Waals surface area contributed by atoms with Crippen LogP contribution in [0, 0.1) is 12.8 Å². The van der Waals surface area contributed by atoms with Crippen LogP contribution < -0.4 is 5.32 Å². The number of carbonyl (C=O) groups is 1. The Morgan fingerprint density at radius 3 is 2.71 bits per heavy atom. The van der Waals surface area contributed by atoms with E-state index < -0.39 is 0 Å². The molecule has 0 bridgehead atoms. The van der Waals surface area contributed by atoms with E-state index in [1.165, 1.54) is 0 Å². The molecule has 1 fully saturated rings. The van der Waals surface area contributed by atoms with E-state index in [4.69, 9.17) is 0 Å². The number of aryl methyl sites for hydroxylation is 1. The van der Waals surface area contributed by atoms with Gasteiger partial charge in [-0.25, -0.2) is 0 Å². The number of carbonyl (C=O) groups excluding carboxylic acids is 1. The minimum atomic E-state index is -0.0920. The van der Waals surface area contributed by atoms with Gasteiger partial charge in [0.15, 0.2) is 0 Å². The summed E-state index contributed by atoms with van der Waals surface area (Å²) in [6.07, 6.45) is 4.37. The summed E-state index contributed by atoms with van der Waals surface area (Å²) in [4.78, 5) is 24.6. The molecule has 31 heavy (non-hydrogen) atoms. The number of rotatable bonds is 7. The van der Waals surface area contributed by atoms with Gasteiger partial charge in [0.25, 0.3) is 0 Å². The van der Waals surface area contributed by atoms with Crippen molar-refractivity contribution in [2.24, 2.45) is 5.92 Å². The molecule has 1 saturated heterocycles. The van der Waals surface area contributed by atoms with E-state index in [0.29, 0.717) is 12.3 Å². The van der Waals surface area contributed by atoms with Gasteiger partial charge in [0.2, 0.25) is 5.91 Å². The molecule has 1 N–H and O–H groups in total. The number of piperidine rings is 1. The molecule has 4 rings (SSSR count). The molecule has 0 aliphatic carbocycles. The van der Waals surface area contributed by atoms with Crippen molar-refractivity contribution in [1.29, 1.82) is 0 Å². The third-order valence-electron chi connectivity index (χ3n) is 5.88. The second-order valence-corrected chi connectivity index (χ2v) is 8.37. The van der Waals surface area contributed by atoms with Crippen LogP contribution in [-0.2, 0) is 17.8 Å². The van der Waals surface area contributed by atoms with Gasteiger partial charge in [-0.3, -0.25) is 19.7 Å². The molecule has 1 aromatic carbocycles. The van der Waals surface area contributed by atoms with Crippen molar-refractivity contribution in [3.63, 3.8) is 0 Å². The van der Waals surface area contributed by atoms with Crippen LogP contribution in [0.15, 0.2) is 72.9 Å². The largest absolute Gasteiger partial charge is 0.347 e. The third-order valence-corrected chi connectivity index (χ3v) is 5.88. The number of benzene rings is 1. The Kier molecular flexibility index (Phi) is 7.05. The van der Waals surface area contributed by atoms with E-state index in [2.05, 4.69) is 32.3 Å². The number of hydrogen-bond acceptors (Lipinski definition) is 4. The van der Waals surface area contributed by atoms with Crippen molar-refractivity contribution in [1.82, 2.24) is 20.2 Å². The first-order valence-corrected chi connectivity index (χ1v) is 11.1. The lowest BCUT2D eigenvalue weighted by molar-refractivity contribution is -0.121. The molecule has 0 radical (unpaired) electrons. The highest BCUT2D eigenvalue weighted by atomic mass is 16.1. The van der Waals surface area contributed by atoms with Crippen molar-refractivity contribution >= 4 is 5.91 Å². The van der Waals surface area contributed by atoms with Gasteiger partial charge < -0.3 is 5.32 Å². The predicted molar refractivity (Wildman–Crippen MR) is 122 cm³/mol. The van der Waals surface area contributed by atoms with E-state index >= 15 is 0 Å². The Morgan fingerprint density at radius 2 is 1.94 bits per heavy atom. The number of nitrogens with one attached hydrogen (secondary N) is 1. The molecule has 2 atom stereocenters. The molecule has 0 spiro atoms. The van der Waals surface area contributed by atoms with E-state index in [-0.39, 0.29) is 11.9 Å². The molecule has 1 amide bonds. The van der Waals surface area contributed by atoms with Crippen LogP contribution in [0.3, 0.4) is 0 Å². The summed E-state index contributed by atoms with van der Waals surface area (Å²) in [6, 6.07) is 21.9. The topological polar surface area (TPSA) is 58.1 Å². The third kappa shape index (κ3) is 5.98. The Hall–Kier alpha value is -3.05. The van der Waals surface area contributed by atoms with Crippen LogP contribution in [0.25, 0.3) is 0 Å². The number of likely N-dealkylation sites (tertiary alicyclic amines) is 1. The van der Waals surface area contributed by atoms with Gasteiger partial charge in [-0.2, -0.15) is 0 Å². The lowest BCUT2D eigenvalue weighted by Gasteiger charge is -2.37. The quantitative estimate of drug-likeness (QED) is 0.632. The van der Waals surface area contributed by atoms with Gasteiger partial charge in [0.1, 0.15) is 0 Å². The van der Waals surface area contributed by atoms with Gasteiger partial charge in [-0.15, -0.1) is 0 Å². The van der Waals surface area contributed by atoms with Crippen LogP contribution in [0.2, 0.25) is 0 Å². The predicted octanol–water partition coefficient (Wildman–Crippen LogP) is 4.10. The number of hydrogen-bond donors (Lipinski definition) is 1. The molecule has 3 aromatic rings. The maximum Gasteiger partial charge on any atom is 0.224 e. The summed E-state index contributed by atoms with van der Waals surface area (Å²) < 4.78 is 0. The van der Waals surface area contributed by atoms with Crippen molar-refractivity contribution in [2.45, 2.75) is 38.8 Å². The standard InChI is InChI=1S/C26H30N4O/c1-20-9-7-13-23(28-20)19-30-16-8-12-22(18-30)26(24-14-5-6-15-27-24)29-25(31)17-21-10-3-2-4-11-21/h2-7,9-11,13-15,22,26H,8,12,16-19H2,1H3,(H,29,31)/t22-,26+/m0/s1. The van der Waals surface area contributed by atoms with E-state index in [0.717, 1.165) is 55.1 Å². The SMILES string of the molecule is Cc1cccc(CN2CCC[C@H]([C@@H](NC(=O)Cc3ccccc3)c3ccccn3)C2)n1. The molecule has 5 nitrogen and oxygen atoms in total. The van der Waals surface area contributed by atoms with Crippen molar-refractivity contribution in [3.05, 3.63) is 95.6 Å². The molecule has 5 heteroatoms. The normalized spacial score (nSPS) is 17.8. The molecule has 0 unspecified atom stereocenters. The lowest BCUT2D eigenvalue weighted by atomic mass is 9.88. The second-order valence-electron chi connectivity index (χ2n) is 8.37. The maximum atomic E-state index is 12.9. The van der Waals surface area contributed by atoms with E-state index in [9.17, 15) is 4.79 Å². The van der Waals surface area contributed by atoms with Gasteiger partial charge >= 0.3 is 0 Å². The minimum Gasteiger partial charge on any atom is -0.347 e. The van der Waals surface area contributed by atoms with Gasteiger partial charge in [-0.05, 0) is 62.1 Å². The van der Waals surface area contributed by atoms with Gasteiger partial charge in [-0.1, -0.05) is 42.5 Å². The molecule has 1 aliphatic rings. The average Bonchev–Trinajstić information content (AvgIpc) is 2.79. The molecule has 3 heterocycles. The Balaban J connectivity index is 1.47. The molecule has 1 aliphatic heterocycles. The summed E-state index contributed by atoms with van der Waals surface area (Å²) >= 11 is 0. The van der Waals surface area contributed by atoms with Crippen molar-refractivity contribution in [2.75, 3.05) is 13.1 Å². The first kappa shape index (κ1) is 21.2. The monoisotopic (exact) mass is 414 g/mol. The fraction of sp³-hybridized carbons (Fsp3) is 0.346. The highest BCUT2D eigenvalue weighted by Gasteiger charge is 2.30. The number of pyridine rings is 2. The molecule has 160 valence electrons. The highest BCUT2D eigenvalue weighted by Crippen LogP contribution is 2.29. The average molecular weight is 415 g/mol.